The fourth-order valence-electron chi connectivity index (χ4n) is 3.62. The topological polar surface area (TPSA) is 43.8 Å². The molecule has 1 heterocycles. The molecule has 23 heavy (non-hydrogen) atoms. The van der Waals surface area contributed by atoms with Crippen LogP contribution in [-0.4, -0.2) is 54.1 Å². The molecule has 1 saturated heterocycles. The van der Waals surface area contributed by atoms with Crippen LogP contribution in [0.5, 0.6) is 0 Å². The molecule has 1 saturated carbocycles. The number of nitrogens with zero attached hydrogens (tertiary/aromatic N) is 2. The average Bonchev–Trinajstić information content (AvgIpc) is 3.25. The first kappa shape index (κ1) is 16.5. The predicted octanol–water partition coefficient (Wildman–Crippen LogP) is 2.14. The summed E-state index contributed by atoms with van der Waals surface area (Å²) in [5, 5.41) is 10.2. The Morgan fingerprint density at radius 3 is 2.65 bits per heavy atom. The van der Waals surface area contributed by atoms with Crippen molar-refractivity contribution in [3.8, 4) is 0 Å². The standard InChI is InChI=1S/C19H28N2O2/c1-13-8-14(4-7-17(13)15-5-6-15)10-21-11-16(18(22)12-21)9-19(23)20(2)3/h4,7-8,15-16,18,22H,5-6,9-12H2,1-3H3/t16-,18-/m1/s1. The summed E-state index contributed by atoms with van der Waals surface area (Å²) in [5.74, 6) is 0.941. The SMILES string of the molecule is Cc1cc(CN2C[C@@H](CC(=O)N(C)C)[C@H](O)C2)ccc1C1CC1. The molecule has 1 amide bonds. The van der Waals surface area contributed by atoms with E-state index in [1.54, 1.807) is 19.0 Å². The van der Waals surface area contributed by atoms with E-state index in [0.717, 1.165) is 19.0 Å². The zero-order chi connectivity index (χ0) is 16.6. The maximum Gasteiger partial charge on any atom is 0.222 e. The number of β-amino-alcohol motifs (C(OH)–C–C–N with tert-alkyl or cyclic N) is 1. The third kappa shape index (κ3) is 3.93. The number of hydrogen-bond donors (Lipinski definition) is 1. The molecular formula is C19H28N2O2. The summed E-state index contributed by atoms with van der Waals surface area (Å²) in [6, 6.07) is 6.80. The highest BCUT2D eigenvalue weighted by atomic mass is 16.3. The Balaban J connectivity index is 1.58. The van der Waals surface area contributed by atoms with Crippen molar-refractivity contribution in [3.63, 3.8) is 0 Å². The lowest BCUT2D eigenvalue weighted by atomic mass is 10.0. The third-order valence-corrected chi connectivity index (χ3v) is 5.18. The summed E-state index contributed by atoms with van der Waals surface area (Å²) in [7, 11) is 3.54. The summed E-state index contributed by atoms with van der Waals surface area (Å²) < 4.78 is 0. The molecule has 0 bridgehead atoms. The van der Waals surface area contributed by atoms with Crippen molar-refractivity contribution in [1.82, 2.24) is 9.80 Å². The molecule has 4 heteroatoms. The lowest BCUT2D eigenvalue weighted by Crippen LogP contribution is -2.28. The average molecular weight is 316 g/mol. The molecule has 1 aromatic carbocycles. The molecular weight excluding hydrogens is 288 g/mol. The number of carbonyl (C=O) groups excluding carboxylic acids is 1. The maximum atomic E-state index is 11.9. The number of aryl methyl sites for hydroxylation is 1. The Bertz CT molecular complexity index is 581. The number of hydrogen-bond acceptors (Lipinski definition) is 3. The first-order valence-corrected chi connectivity index (χ1v) is 8.64. The van der Waals surface area contributed by atoms with Crippen LogP contribution in [-0.2, 0) is 11.3 Å². The van der Waals surface area contributed by atoms with Crippen molar-refractivity contribution in [2.75, 3.05) is 27.2 Å². The van der Waals surface area contributed by atoms with Crippen molar-refractivity contribution in [1.29, 1.82) is 0 Å². The zero-order valence-electron chi connectivity index (χ0n) is 14.5. The van der Waals surface area contributed by atoms with Crippen LogP contribution in [0.3, 0.4) is 0 Å². The number of rotatable bonds is 5. The van der Waals surface area contributed by atoms with Crippen LogP contribution in [0.15, 0.2) is 18.2 Å². The second-order valence-corrected chi connectivity index (χ2v) is 7.48. The van der Waals surface area contributed by atoms with Gasteiger partial charge in [-0.25, -0.2) is 0 Å². The van der Waals surface area contributed by atoms with Crippen molar-refractivity contribution in [2.24, 2.45) is 5.92 Å². The molecule has 0 unspecified atom stereocenters. The molecule has 2 fully saturated rings. The van der Waals surface area contributed by atoms with E-state index in [1.807, 2.05) is 0 Å². The molecule has 1 N–H and O–H groups in total. The lowest BCUT2D eigenvalue weighted by molar-refractivity contribution is -0.130. The van der Waals surface area contributed by atoms with Crippen LogP contribution < -0.4 is 0 Å². The molecule has 0 radical (unpaired) electrons. The number of amides is 1. The van der Waals surface area contributed by atoms with E-state index < -0.39 is 6.10 Å². The van der Waals surface area contributed by atoms with E-state index in [9.17, 15) is 9.90 Å². The van der Waals surface area contributed by atoms with Gasteiger partial charge in [0.2, 0.25) is 5.91 Å². The summed E-state index contributed by atoms with van der Waals surface area (Å²) >= 11 is 0. The van der Waals surface area contributed by atoms with E-state index in [-0.39, 0.29) is 11.8 Å². The fraction of sp³-hybridized carbons (Fsp3) is 0.632. The number of benzene rings is 1. The third-order valence-electron chi connectivity index (χ3n) is 5.18. The van der Waals surface area contributed by atoms with Crippen LogP contribution in [0.25, 0.3) is 0 Å². The van der Waals surface area contributed by atoms with Crippen LogP contribution in [0.4, 0.5) is 0 Å². The summed E-state index contributed by atoms with van der Waals surface area (Å²) in [4.78, 5) is 15.7. The number of carbonyl (C=O) groups is 1. The first-order chi connectivity index (χ1) is 10.9. The van der Waals surface area contributed by atoms with Gasteiger partial charge in [0.05, 0.1) is 6.10 Å². The van der Waals surface area contributed by atoms with E-state index in [2.05, 4.69) is 30.0 Å². The first-order valence-electron chi connectivity index (χ1n) is 8.64. The molecule has 1 aliphatic carbocycles. The van der Waals surface area contributed by atoms with Gasteiger partial charge in [0.15, 0.2) is 0 Å². The van der Waals surface area contributed by atoms with Gasteiger partial charge in [0, 0.05) is 46.1 Å². The van der Waals surface area contributed by atoms with Crippen molar-refractivity contribution < 1.29 is 9.90 Å². The number of aliphatic hydroxyl groups is 1. The fourth-order valence-corrected chi connectivity index (χ4v) is 3.62. The largest absolute Gasteiger partial charge is 0.391 e. The van der Waals surface area contributed by atoms with Crippen LogP contribution in [0.1, 0.15) is 41.9 Å². The van der Waals surface area contributed by atoms with E-state index >= 15 is 0 Å². The van der Waals surface area contributed by atoms with Gasteiger partial charge in [-0.15, -0.1) is 0 Å². The van der Waals surface area contributed by atoms with Gasteiger partial charge in [-0.05, 0) is 42.4 Å². The number of aliphatic hydroxyl groups excluding tert-OH is 1. The van der Waals surface area contributed by atoms with Gasteiger partial charge in [-0.1, -0.05) is 18.2 Å². The Hall–Kier alpha value is -1.39. The highest BCUT2D eigenvalue weighted by Gasteiger charge is 2.33. The summed E-state index contributed by atoms with van der Waals surface area (Å²) in [6.07, 6.45) is 2.70. The highest BCUT2D eigenvalue weighted by molar-refractivity contribution is 5.75. The molecule has 126 valence electrons. The highest BCUT2D eigenvalue weighted by Crippen LogP contribution is 2.41. The zero-order valence-corrected chi connectivity index (χ0v) is 14.5. The van der Waals surface area contributed by atoms with Crippen LogP contribution >= 0.6 is 0 Å². The normalized spacial score (nSPS) is 24.9. The predicted molar refractivity (Wildman–Crippen MR) is 91.2 cm³/mol. The smallest absolute Gasteiger partial charge is 0.222 e. The Kier molecular flexibility index (Phi) is 4.74. The van der Waals surface area contributed by atoms with Gasteiger partial charge < -0.3 is 10.0 Å². The Morgan fingerprint density at radius 2 is 2.04 bits per heavy atom. The molecule has 4 nitrogen and oxygen atoms in total. The van der Waals surface area contributed by atoms with Gasteiger partial charge >= 0.3 is 0 Å². The van der Waals surface area contributed by atoms with Crippen molar-refractivity contribution in [3.05, 3.63) is 34.9 Å². The minimum atomic E-state index is -0.397. The molecule has 2 atom stereocenters. The Labute approximate surface area is 139 Å². The second-order valence-electron chi connectivity index (χ2n) is 7.48. The minimum Gasteiger partial charge on any atom is -0.391 e. The van der Waals surface area contributed by atoms with Crippen LogP contribution in [0.2, 0.25) is 0 Å². The van der Waals surface area contributed by atoms with Crippen molar-refractivity contribution in [2.45, 2.75) is 44.8 Å². The summed E-state index contributed by atoms with van der Waals surface area (Å²) in [6.45, 7) is 4.52. The maximum absolute atomic E-state index is 11.9. The monoisotopic (exact) mass is 316 g/mol. The summed E-state index contributed by atoms with van der Waals surface area (Å²) in [5.41, 5.74) is 4.20. The van der Waals surface area contributed by atoms with Gasteiger partial charge in [0.25, 0.3) is 0 Å². The van der Waals surface area contributed by atoms with Gasteiger partial charge in [0.1, 0.15) is 0 Å². The van der Waals surface area contributed by atoms with Crippen molar-refractivity contribution >= 4 is 5.91 Å². The quantitative estimate of drug-likeness (QED) is 0.905. The molecule has 0 aromatic heterocycles. The molecule has 1 aromatic rings. The minimum absolute atomic E-state index is 0.0525. The molecule has 3 rings (SSSR count). The van der Waals surface area contributed by atoms with Crippen LogP contribution in [0, 0.1) is 12.8 Å². The van der Waals surface area contributed by atoms with Gasteiger partial charge in [-0.2, -0.15) is 0 Å². The Morgan fingerprint density at radius 1 is 1.30 bits per heavy atom. The molecule has 1 aliphatic heterocycles. The van der Waals surface area contributed by atoms with E-state index in [0.29, 0.717) is 13.0 Å². The molecule has 0 spiro atoms. The molecule has 2 aliphatic rings. The number of likely N-dealkylation sites (tertiary alicyclic amines) is 1. The lowest BCUT2D eigenvalue weighted by Gasteiger charge is -2.18. The van der Waals surface area contributed by atoms with Gasteiger partial charge in [-0.3, -0.25) is 9.69 Å². The van der Waals surface area contributed by atoms with E-state index in [1.165, 1.54) is 29.5 Å². The van der Waals surface area contributed by atoms with E-state index in [4.69, 9.17) is 0 Å². The second kappa shape index (κ2) is 6.62.